The highest BCUT2D eigenvalue weighted by Crippen LogP contribution is 2.48. The second-order valence-electron chi connectivity index (χ2n) is 5.86. The number of halogens is 1. The van der Waals surface area contributed by atoms with E-state index in [9.17, 15) is 4.39 Å². The van der Waals surface area contributed by atoms with Gasteiger partial charge in [-0.25, -0.2) is 4.39 Å². The van der Waals surface area contributed by atoms with Gasteiger partial charge in [-0.1, -0.05) is 12.1 Å². The molecule has 106 valence electrons. The fourth-order valence-electron chi connectivity index (χ4n) is 2.45. The second kappa shape index (κ2) is 6.49. The van der Waals surface area contributed by atoms with Gasteiger partial charge >= 0.3 is 0 Å². The summed E-state index contributed by atoms with van der Waals surface area (Å²) in [6.07, 6.45) is 4.72. The van der Waals surface area contributed by atoms with Crippen molar-refractivity contribution in [2.24, 2.45) is 5.41 Å². The van der Waals surface area contributed by atoms with Crippen LogP contribution in [0.1, 0.15) is 31.7 Å². The molecule has 1 aromatic rings. The van der Waals surface area contributed by atoms with Gasteiger partial charge in [0.05, 0.1) is 0 Å². The van der Waals surface area contributed by atoms with E-state index in [1.165, 1.54) is 30.5 Å². The molecule has 19 heavy (non-hydrogen) atoms. The molecule has 1 aromatic carbocycles. The molecule has 0 bridgehead atoms. The van der Waals surface area contributed by atoms with E-state index in [0.29, 0.717) is 11.5 Å². The zero-order chi connectivity index (χ0) is 13.7. The zero-order valence-electron chi connectivity index (χ0n) is 11.9. The summed E-state index contributed by atoms with van der Waals surface area (Å²) in [5.74, 6) is -0.166. The van der Waals surface area contributed by atoms with Crippen LogP contribution < -0.4 is 5.32 Å². The van der Waals surface area contributed by atoms with Crippen molar-refractivity contribution in [3.63, 3.8) is 0 Å². The molecule has 1 saturated carbocycles. The molecule has 0 saturated heterocycles. The van der Waals surface area contributed by atoms with Crippen molar-refractivity contribution in [1.82, 2.24) is 5.32 Å². The first-order valence-electron chi connectivity index (χ1n) is 7.10. The smallest absolute Gasteiger partial charge is 0.123 e. The van der Waals surface area contributed by atoms with Crippen molar-refractivity contribution in [2.75, 3.05) is 20.3 Å². The summed E-state index contributed by atoms with van der Waals surface area (Å²) in [5, 5.41) is 3.61. The molecule has 1 atom stereocenters. The molecular formula is C16H24FNO. The molecule has 0 aliphatic heterocycles. The minimum Gasteiger partial charge on any atom is -0.385 e. The molecule has 1 fully saturated rings. The lowest BCUT2D eigenvalue weighted by molar-refractivity contribution is 0.170. The topological polar surface area (TPSA) is 21.3 Å². The van der Waals surface area contributed by atoms with Gasteiger partial charge in [0.25, 0.3) is 0 Å². The number of rotatable bonds is 8. The molecule has 1 N–H and O–H groups in total. The monoisotopic (exact) mass is 265 g/mol. The zero-order valence-corrected chi connectivity index (χ0v) is 11.9. The summed E-state index contributed by atoms with van der Waals surface area (Å²) < 4.78 is 18.0. The second-order valence-corrected chi connectivity index (χ2v) is 5.86. The van der Waals surface area contributed by atoms with Gasteiger partial charge in [0.2, 0.25) is 0 Å². The summed E-state index contributed by atoms with van der Waals surface area (Å²) in [6.45, 7) is 4.11. The van der Waals surface area contributed by atoms with E-state index in [4.69, 9.17) is 4.74 Å². The number of ether oxygens (including phenoxy) is 1. The van der Waals surface area contributed by atoms with Crippen molar-refractivity contribution in [2.45, 2.75) is 38.6 Å². The highest BCUT2D eigenvalue weighted by atomic mass is 19.1. The summed E-state index contributed by atoms with van der Waals surface area (Å²) in [7, 11) is 1.76. The summed E-state index contributed by atoms with van der Waals surface area (Å²) in [6, 6.07) is 7.22. The Hall–Kier alpha value is -0.930. The van der Waals surface area contributed by atoms with Crippen LogP contribution in [0.2, 0.25) is 0 Å². The Bertz CT molecular complexity index is 386. The average molecular weight is 265 g/mol. The Morgan fingerprint density at radius 2 is 2.00 bits per heavy atom. The maximum Gasteiger partial charge on any atom is 0.123 e. The molecular weight excluding hydrogens is 241 g/mol. The standard InChI is InChI=1S/C16H24FNO/c1-13(11-14-3-5-15(17)6-4-14)18-12-16(7-8-16)9-10-19-2/h3-6,13,18H,7-12H2,1-2H3. The molecule has 1 unspecified atom stereocenters. The van der Waals surface area contributed by atoms with Crippen LogP contribution in [0.4, 0.5) is 4.39 Å². The number of hydrogen-bond acceptors (Lipinski definition) is 2. The van der Waals surface area contributed by atoms with E-state index in [1.807, 2.05) is 12.1 Å². The van der Waals surface area contributed by atoms with E-state index in [-0.39, 0.29) is 5.82 Å². The number of methoxy groups -OCH3 is 1. The molecule has 0 radical (unpaired) electrons. The Balaban J connectivity index is 1.72. The summed E-state index contributed by atoms with van der Waals surface area (Å²) in [4.78, 5) is 0. The Kier molecular flexibility index (Phi) is 4.94. The lowest BCUT2D eigenvalue weighted by Crippen LogP contribution is -2.34. The summed E-state index contributed by atoms with van der Waals surface area (Å²) >= 11 is 0. The Labute approximate surface area is 115 Å². The van der Waals surface area contributed by atoms with Crippen LogP contribution >= 0.6 is 0 Å². The molecule has 2 nitrogen and oxygen atoms in total. The fourth-order valence-corrected chi connectivity index (χ4v) is 2.45. The van der Waals surface area contributed by atoms with Crippen LogP contribution in [-0.4, -0.2) is 26.3 Å². The molecule has 1 aliphatic rings. The van der Waals surface area contributed by atoms with Gasteiger partial charge in [-0.15, -0.1) is 0 Å². The van der Waals surface area contributed by atoms with Crippen molar-refractivity contribution in [3.8, 4) is 0 Å². The predicted octanol–water partition coefficient (Wildman–Crippen LogP) is 3.16. The van der Waals surface area contributed by atoms with Gasteiger partial charge in [-0.3, -0.25) is 0 Å². The highest BCUT2D eigenvalue weighted by molar-refractivity contribution is 5.17. The van der Waals surface area contributed by atoms with Crippen LogP contribution in [0.15, 0.2) is 24.3 Å². The summed E-state index contributed by atoms with van der Waals surface area (Å²) in [5.41, 5.74) is 1.66. The third-order valence-electron chi connectivity index (χ3n) is 4.07. The van der Waals surface area contributed by atoms with E-state index in [0.717, 1.165) is 26.0 Å². The number of benzene rings is 1. The van der Waals surface area contributed by atoms with Crippen LogP contribution in [-0.2, 0) is 11.2 Å². The predicted molar refractivity (Wildman–Crippen MR) is 75.7 cm³/mol. The molecule has 3 heteroatoms. The van der Waals surface area contributed by atoms with Crippen LogP contribution in [0, 0.1) is 11.2 Å². The van der Waals surface area contributed by atoms with Crippen molar-refractivity contribution >= 4 is 0 Å². The van der Waals surface area contributed by atoms with Crippen molar-refractivity contribution < 1.29 is 9.13 Å². The lowest BCUT2D eigenvalue weighted by atomic mass is 10.0. The maximum absolute atomic E-state index is 12.8. The largest absolute Gasteiger partial charge is 0.385 e. The normalized spacial score (nSPS) is 18.3. The van der Waals surface area contributed by atoms with Gasteiger partial charge in [0.1, 0.15) is 5.82 Å². The van der Waals surface area contributed by atoms with Crippen LogP contribution in [0.3, 0.4) is 0 Å². The first kappa shape index (κ1) is 14.5. The minimum atomic E-state index is -0.166. The van der Waals surface area contributed by atoms with Crippen LogP contribution in [0.25, 0.3) is 0 Å². The molecule has 0 spiro atoms. The van der Waals surface area contributed by atoms with Gasteiger partial charge < -0.3 is 10.1 Å². The van der Waals surface area contributed by atoms with Gasteiger partial charge in [-0.2, -0.15) is 0 Å². The van der Waals surface area contributed by atoms with Crippen molar-refractivity contribution in [3.05, 3.63) is 35.6 Å². The molecule has 1 aliphatic carbocycles. The van der Waals surface area contributed by atoms with Crippen LogP contribution in [0.5, 0.6) is 0 Å². The maximum atomic E-state index is 12.8. The first-order chi connectivity index (χ1) is 9.13. The third kappa shape index (κ3) is 4.59. The minimum absolute atomic E-state index is 0.166. The van der Waals surface area contributed by atoms with Gasteiger partial charge in [0, 0.05) is 26.3 Å². The van der Waals surface area contributed by atoms with Crippen molar-refractivity contribution in [1.29, 1.82) is 0 Å². The quantitative estimate of drug-likeness (QED) is 0.779. The number of nitrogens with one attached hydrogen (secondary N) is 1. The van der Waals surface area contributed by atoms with E-state index < -0.39 is 0 Å². The van der Waals surface area contributed by atoms with E-state index in [2.05, 4.69) is 12.2 Å². The van der Waals surface area contributed by atoms with E-state index in [1.54, 1.807) is 7.11 Å². The Morgan fingerprint density at radius 3 is 2.58 bits per heavy atom. The number of hydrogen-bond donors (Lipinski definition) is 1. The average Bonchev–Trinajstić information content (AvgIpc) is 3.18. The highest BCUT2D eigenvalue weighted by Gasteiger charge is 2.41. The van der Waals surface area contributed by atoms with E-state index >= 15 is 0 Å². The first-order valence-corrected chi connectivity index (χ1v) is 7.10. The van der Waals surface area contributed by atoms with Gasteiger partial charge in [-0.05, 0) is 55.7 Å². The molecule has 0 amide bonds. The molecule has 0 aromatic heterocycles. The Morgan fingerprint density at radius 1 is 1.32 bits per heavy atom. The fraction of sp³-hybridized carbons (Fsp3) is 0.625. The molecule has 2 rings (SSSR count). The van der Waals surface area contributed by atoms with Gasteiger partial charge in [0.15, 0.2) is 0 Å². The SMILES string of the molecule is COCCC1(CNC(C)Cc2ccc(F)cc2)CC1. The third-order valence-corrected chi connectivity index (χ3v) is 4.07. The molecule has 0 heterocycles. The lowest BCUT2D eigenvalue weighted by Gasteiger charge is -2.20.